The van der Waals surface area contributed by atoms with E-state index in [-0.39, 0.29) is 12.5 Å². The standard InChI is InChI=1S/C64H125NO8/c1-3-5-7-9-11-13-15-17-19-21-23-25-27-28-29-30-31-32-34-36-38-40-42-44-46-48-50-52-54-60(68)65-57(56-72-64-63(71)62(70)61(69)59(55-66)73-64)58(67)53-51-49-47-45-43-41-39-37-35-33-26-24-22-20-18-16-14-12-10-8-6-4-2/h28-29,57-59,61-64,66-67,69-71H,3-27,30-56H2,1-2H3,(H,65,68)/b29-28-. The highest BCUT2D eigenvalue weighted by Crippen LogP contribution is 2.24. The molecule has 0 aromatic heterocycles. The van der Waals surface area contributed by atoms with E-state index in [1.54, 1.807) is 0 Å². The van der Waals surface area contributed by atoms with E-state index in [0.29, 0.717) is 12.8 Å². The molecule has 0 aromatic carbocycles. The predicted molar refractivity (Wildman–Crippen MR) is 309 cm³/mol. The van der Waals surface area contributed by atoms with Crippen molar-refractivity contribution in [1.82, 2.24) is 5.32 Å². The fourth-order valence-electron chi connectivity index (χ4n) is 10.7. The molecule has 9 nitrogen and oxygen atoms in total. The fraction of sp³-hybridized carbons (Fsp3) is 0.953. The highest BCUT2D eigenvalue weighted by atomic mass is 16.7. The van der Waals surface area contributed by atoms with Crippen LogP contribution < -0.4 is 5.32 Å². The third-order valence-corrected chi connectivity index (χ3v) is 15.9. The Bertz CT molecular complexity index is 1150. The number of carbonyl (C=O) groups is 1. The zero-order valence-electron chi connectivity index (χ0n) is 48.4. The lowest BCUT2D eigenvalue weighted by Gasteiger charge is -2.40. The summed E-state index contributed by atoms with van der Waals surface area (Å²) >= 11 is 0. The van der Waals surface area contributed by atoms with Gasteiger partial charge in [-0.25, -0.2) is 0 Å². The van der Waals surface area contributed by atoms with Crippen molar-refractivity contribution in [3.8, 4) is 0 Å². The van der Waals surface area contributed by atoms with Crippen LogP contribution in [0.5, 0.6) is 0 Å². The second-order valence-electron chi connectivity index (χ2n) is 22.9. The third-order valence-electron chi connectivity index (χ3n) is 15.9. The average molecular weight is 1040 g/mol. The summed E-state index contributed by atoms with van der Waals surface area (Å²) in [5.41, 5.74) is 0. The van der Waals surface area contributed by atoms with Crippen LogP contribution >= 0.6 is 0 Å². The number of aliphatic hydroxyl groups is 5. The molecular formula is C64H125NO8. The van der Waals surface area contributed by atoms with Gasteiger partial charge in [-0.3, -0.25) is 4.79 Å². The number of allylic oxidation sites excluding steroid dienone is 2. The molecule has 73 heavy (non-hydrogen) atoms. The fourth-order valence-corrected chi connectivity index (χ4v) is 10.7. The molecule has 0 bridgehead atoms. The van der Waals surface area contributed by atoms with Gasteiger partial charge in [0.2, 0.25) is 5.91 Å². The summed E-state index contributed by atoms with van der Waals surface area (Å²) in [6.07, 6.45) is 61.2. The van der Waals surface area contributed by atoms with Gasteiger partial charge >= 0.3 is 0 Å². The van der Waals surface area contributed by atoms with Crippen LogP contribution in [0.1, 0.15) is 335 Å². The number of hydrogen-bond donors (Lipinski definition) is 6. The van der Waals surface area contributed by atoms with Gasteiger partial charge in [-0.05, 0) is 38.5 Å². The molecule has 0 saturated carbocycles. The number of ether oxygens (including phenoxy) is 2. The molecule has 434 valence electrons. The Hall–Kier alpha value is -1.07. The number of hydrogen-bond acceptors (Lipinski definition) is 8. The van der Waals surface area contributed by atoms with Crippen molar-refractivity contribution in [2.75, 3.05) is 13.2 Å². The predicted octanol–water partition coefficient (Wildman–Crippen LogP) is 16.7. The zero-order chi connectivity index (χ0) is 52.9. The molecule has 9 heteroatoms. The first-order valence-corrected chi connectivity index (χ1v) is 32.4. The van der Waals surface area contributed by atoms with Crippen LogP contribution in [0.4, 0.5) is 0 Å². The van der Waals surface area contributed by atoms with Crippen molar-refractivity contribution < 1.29 is 39.8 Å². The maximum absolute atomic E-state index is 13.1. The van der Waals surface area contributed by atoms with Gasteiger partial charge in [0.05, 0.1) is 25.4 Å². The zero-order valence-corrected chi connectivity index (χ0v) is 48.4. The molecule has 1 rings (SSSR count). The monoisotopic (exact) mass is 1040 g/mol. The van der Waals surface area contributed by atoms with E-state index in [1.807, 2.05) is 0 Å². The van der Waals surface area contributed by atoms with Crippen molar-refractivity contribution in [2.24, 2.45) is 0 Å². The van der Waals surface area contributed by atoms with Crippen molar-refractivity contribution in [3.63, 3.8) is 0 Å². The minimum atomic E-state index is -1.55. The van der Waals surface area contributed by atoms with Gasteiger partial charge in [-0.2, -0.15) is 0 Å². The molecule has 7 atom stereocenters. The Balaban J connectivity index is 2.14. The second-order valence-corrected chi connectivity index (χ2v) is 22.9. The van der Waals surface area contributed by atoms with Crippen molar-refractivity contribution in [1.29, 1.82) is 0 Å². The van der Waals surface area contributed by atoms with Crippen LogP contribution in [0, 0.1) is 0 Å². The molecule has 0 aliphatic carbocycles. The molecule has 1 aliphatic rings. The smallest absolute Gasteiger partial charge is 0.220 e. The lowest BCUT2D eigenvalue weighted by molar-refractivity contribution is -0.302. The first-order chi connectivity index (χ1) is 35.8. The van der Waals surface area contributed by atoms with Crippen LogP contribution in [0.15, 0.2) is 12.2 Å². The molecule has 1 heterocycles. The van der Waals surface area contributed by atoms with Crippen molar-refractivity contribution in [3.05, 3.63) is 12.2 Å². The molecule has 0 radical (unpaired) electrons. The van der Waals surface area contributed by atoms with Gasteiger partial charge in [0.15, 0.2) is 6.29 Å². The highest BCUT2D eigenvalue weighted by molar-refractivity contribution is 5.76. The van der Waals surface area contributed by atoms with Gasteiger partial charge in [-0.1, -0.05) is 302 Å². The molecule has 1 fully saturated rings. The van der Waals surface area contributed by atoms with E-state index in [9.17, 15) is 30.3 Å². The van der Waals surface area contributed by atoms with Gasteiger partial charge in [0.25, 0.3) is 0 Å². The number of unbranched alkanes of at least 4 members (excludes halogenated alkanes) is 45. The molecule has 1 amide bonds. The Morgan fingerprint density at radius 3 is 1.11 bits per heavy atom. The van der Waals surface area contributed by atoms with Crippen LogP contribution in [0.25, 0.3) is 0 Å². The number of rotatable bonds is 57. The van der Waals surface area contributed by atoms with E-state index in [0.717, 1.165) is 38.5 Å². The summed E-state index contributed by atoms with van der Waals surface area (Å²) in [4.78, 5) is 13.1. The van der Waals surface area contributed by atoms with Crippen LogP contribution in [0.3, 0.4) is 0 Å². The van der Waals surface area contributed by atoms with Crippen molar-refractivity contribution in [2.45, 2.75) is 378 Å². The van der Waals surface area contributed by atoms with Crippen LogP contribution in [0.2, 0.25) is 0 Å². The first-order valence-electron chi connectivity index (χ1n) is 32.4. The normalized spacial score (nSPS) is 19.0. The Labute approximate surface area is 452 Å². The summed E-state index contributed by atoms with van der Waals surface area (Å²) in [7, 11) is 0. The average Bonchev–Trinajstić information content (AvgIpc) is 3.39. The van der Waals surface area contributed by atoms with E-state index in [4.69, 9.17) is 9.47 Å². The van der Waals surface area contributed by atoms with E-state index in [1.165, 1.54) is 270 Å². The number of carbonyl (C=O) groups excluding carboxylic acids is 1. The largest absolute Gasteiger partial charge is 0.394 e. The van der Waals surface area contributed by atoms with Gasteiger partial charge < -0.3 is 40.3 Å². The quantitative estimate of drug-likeness (QED) is 0.0261. The minimum Gasteiger partial charge on any atom is -0.394 e. The van der Waals surface area contributed by atoms with Gasteiger partial charge in [-0.15, -0.1) is 0 Å². The van der Waals surface area contributed by atoms with Gasteiger partial charge in [0, 0.05) is 6.42 Å². The summed E-state index contributed by atoms with van der Waals surface area (Å²) in [5, 5.41) is 54.8. The molecule has 0 spiro atoms. The van der Waals surface area contributed by atoms with Gasteiger partial charge in [0.1, 0.15) is 24.4 Å². The molecule has 0 aromatic rings. The number of nitrogens with one attached hydrogen (secondary N) is 1. The lowest BCUT2D eigenvalue weighted by Crippen LogP contribution is -2.60. The number of amides is 1. The summed E-state index contributed by atoms with van der Waals surface area (Å²) in [6.45, 7) is 3.89. The van der Waals surface area contributed by atoms with Crippen molar-refractivity contribution >= 4 is 5.91 Å². The summed E-state index contributed by atoms with van der Waals surface area (Å²) in [6, 6.07) is -0.717. The van der Waals surface area contributed by atoms with Crippen LogP contribution in [-0.4, -0.2) is 87.5 Å². The Morgan fingerprint density at radius 1 is 0.452 bits per heavy atom. The maximum Gasteiger partial charge on any atom is 0.220 e. The molecular weight excluding hydrogens is 911 g/mol. The van der Waals surface area contributed by atoms with E-state index in [2.05, 4.69) is 31.3 Å². The third kappa shape index (κ3) is 43.6. The summed E-state index contributed by atoms with van der Waals surface area (Å²) < 4.78 is 11.4. The number of aliphatic hydroxyl groups excluding tert-OH is 5. The SMILES string of the molecule is CCCCCCCCCCCCCC/C=C\CCCCCCCCCCCCCCC(=O)NC(COC1OC(CO)C(O)C(O)C1O)C(O)CCCCCCCCCCCCCCCCCCCCCCCC. The Kier molecular flexibility index (Phi) is 52.0. The second kappa shape index (κ2) is 54.3. The maximum atomic E-state index is 13.1. The van der Waals surface area contributed by atoms with E-state index >= 15 is 0 Å². The minimum absolute atomic E-state index is 0.133. The topological polar surface area (TPSA) is 149 Å². The molecule has 7 unspecified atom stereocenters. The van der Waals surface area contributed by atoms with E-state index < -0.39 is 49.5 Å². The Morgan fingerprint density at radius 2 is 0.767 bits per heavy atom. The first kappa shape index (κ1) is 69.9. The highest BCUT2D eigenvalue weighted by Gasteiger charge is 2.44. The van der Waals surface area contributed by atoms with Crippen LogP contribution in [-0.2, 0) is 14.3 Å². The lowest BCUT2D eigenvalue weighted by atomic mass is 9.99. The molecule has 6 N–H and O–H groups in total. The molecule has 1 aliphatic heterocycles. The summed E-state index contributed by atoms with van der Waals surface area (Å²) in [5.74, 6) is -0.138. The molecule has 1 saturated heterocycles.